The van der Waals surface area contributed by atoms with Crippen molar-refractivity contribution >= 4 is 11.8 Å². The van der Waals surface area contributed by atoms with Crippen LogP contribution in [-0.2, 0) is 4.74 Å². The van der Waals surface area contributed by atoms with Crippen LogP contribution in [-0.4, -0.2) is 35.8 Å². The third kappa shape index (κ3) is 2.09. The zero-order valence-electron chi connectivity index (χ0n) is 9.81. The summed E-state index contributed by atoms with van der Waals surface area (Å²) in [4.78, 5) is 10.6. The van der Waals surface area contributed by atoms with Gasteiger partial charge in [0, 0.05) is 18.3 Å². The highest BCUT2D eigenvalue weighted by Crippen LogP contribution is 2.22. The number of hydrogen-bond donors (Lipinski definition) is 1. The molecular weight excluding hydrogens is 204 g/mol. The molecule has 2 rings (SSSR count). The zero-order valence-corrected chi connectivity index (χ0v) is 9.81. The van der Waals surface area contributed by atoms with Gasteiger partial charge >= 0.3 is 0 Å². The fourth-order valence-corrected chi connectivity index (χ4v) is 2.01. The van der Waals surface area contributed by atoms with E-state index in [-0.39, 0.29) is 0 Å². The van der Waals surface area contributed by atoms with E-state index in [9.17, 15) is 0 Å². The standard InChI is InChI=1S/C11H18N4O/c1-3-9-7-16-5-4-15(9)10-8(2)6-13-11(12)14-10/h6,9H,3-5,7H2,1-2H3,(H2,12,13,14). The van der Waals surface area contributed by atoms with Gasteiger partial charge in [0.2, 0.25) is 5.95 Å². The van der Waals surface area contributed by atoms with Gasteiger partial charge in [-0.2, -0.15) is 4.98 Å². The van der Waals surface area contributed by atoms with Crippen LogP contribution in [0.2, 0.25) is 0 Å². The molecule has 0 amide bonds. The molecule has 1 aliphatic rings. The summed E-state index contributed by atoms with van der Waals surface area (Å²) in [6.07, 6.45) is 2.82. The van der Waals surface area contributed by atoms with Gasteiger partial charge in [-0.3, -0.25) is 0 Å². The lowest BCUT2D eigenvalue weighted by atomic mass is 10.1. The van der Waals surface area contributed by atoms with E-state index in [2.05, 4.69) is 21.8 Å². The fourth-order valence-electron chi connectivity index (χ4n) is 2.01. The average molecular weight is 222 g/mol. The van der Waals surface area contributed by atoms with E-state index in [0.717, 1.165) is 37.6 Å². The molecule has 2 N–H and O–H groups in total. The summed E-state index contributed by atoms with van der Waals surface area (Å²) >= 11 is 0. The van der Waals surface area contributed by atoms with Crippen LogP contribution < -0.4 is 10.6 Å². The summed E-state index contributed by atoms with van der Waals surface area (Å²) < 4.78 is 5.48. The molecule has 1 aliphatic heterocycles. The molecule has 88 valence electrons. The first kappa shape index (κ1) is 11.1. The summed E-state index contributed by atoms with van der Waals surface area (Å²) in [7, 11) is 0. The minimum atomic E-state index is 0.335. The predicted octanol–water partition coefficient (Wildman–Crippen LogP) is 0.982. The molecule has 1 aromatic rings. The van der Waals surface area contributed by atoms with Gasteiger partial charge in [-0.15, -0.1) is 0 Å². The van der Waals surface area contributed by atoms with E-state index >= 15 is 0 Å². The van der Waals surface area contributed by atoms with E-state index in [1.165, 1.54) is 0 Å². The quantitative estimate of drug-likeness (QED) is 0.808. The summed E-state index contributed by atoms with van der Waals surface area (Å²) in [6, 6.07) is 0.391. The molecule has 1 unspecified atom stereocenters. The maximum atomic E-state index is 5.64. The molecule has 1 aromatic heterocycles. The Balaban J connectivity index is 2.30. The monoisotopic (exact) mass is 222 g/mol. The summed E-state index contributed by atoms with van der Waals surface area (Å²) in [5, 5.41) is 0. The van der Waals surface area contributed by atoms with E-state index in [1.54, 1.807) is 6.20 Å². The van der Waals surface area contributed by atoms with Crippen molar-refractivity contribution in [2.24, 2.45) is 0 Å². The lowest BCUT2D eigenvalue weighted by molar-refractivity contribution is 0.0925. The van der Waals surface area contributed by atoms with Crippen molar-refractivity contribution in [2.45, 2.75) is 26.3 Å². The highest BCUT2D eigenvalue weighted by atomic mass is 16.5. The topological polar surface area (TPSA) is 64.3 Å². The zero-order chi connectivity index (χ0) is 11.5. The lowest BCUT2D eigenvalue weighted by Crippen LogP contribution is -2.46. The van der Waals surface area contributed by atoms with Crippen molar-refractivity contribution in [3.05, 3.63) is 11.8 Å². The van der Waals surface area contributed by atoms with Crippen molar-refractivity contribution in [1.82, 2.24) is 9.97 Å². The molecule has 0 saturated carbocycles. The highest BCUT2D eigenvalue weighted by Gasteiger charge is 2.24. The van der Waals surface area contributed by atoms with Crippen LogP contribution in [0.15, 0.2) is 6.20 Å². The highest BCUT2D eigenvalue weighted by molar-refractivity contribution is 5.49. The molecule has 1 saturated heterocycles. The Labute approximate surface area is 95.6 Å². The number of aromatic nitrogens is 2. The Bertz CT molecular complexity index is 369. The van der Waals surface area contributed by atoms with Gasteiger partial charge < -0.3 is 15.4 Å². The number of anilines is 2. The lowest BCUT2D eigenvalue weighted by Gasteiger charge is -2.36. The second-order valence-electron chi connectivity index (χ2n) is 4.07. The minimum Gasteiger partial charge on any atom is -0.377 e. The fraction of sp³-hybridized carbons (Fsp3) is 0.636. The number of morpholine rings is 1. The molecule has 0 aromatic carbocycles. The van der Waals surface area contributed by atoms with Crippen molar-refractivity contribution in [2.75, 3.05) is 30.4 Å². The molecule has 1 fully saturated rings. The molecule has 0 spiro atoms. The molecule has 5 nitrogen and oxygen atoms in total. The van der Waals surface area contributed by atoms with E-state index < -0.39 is 0 Å². The number of nitrogens with two attached hydrogens (primary N) is 1. The number of rotatable bonds is 2. The Hall–Kier alpha value is -1.36. The Morgan fingerprint density at radius 2 is 2.44 bits per heavy atom. The molecule has 5 heteroatoms. The summed E-state index contributed by atoms with van der Waals surface area (Å²) in [5.41, 5.74) is 6.71. The van der Waals surface area contributed by atoms with Gasteiger partial charge in [0.1, 0.15) is 5.82 Å². The van der Waals surface area contributed by atoms with Crippen LogP contribution in [0.25, 0.3) is 0 Å². The Morgan fingerprint density at radius 1 is 1.62 bits per heavy atom. The molecule has 2 heterocycles. The molecule has 0 radical (unpaired) electrons. The smallest absolute Gasteiger partial charge is 0.221 e. The van der Waals surface area contributed by atoms with Gasteiger partial charge in [0.05, 0.1) is 19.3 Å². The van der Waals surface area contributed by atoms with E-state index in [4.69, 9.17) is 10.5 Å². The van der Waals surface area contributed by atoms with Gasteiger partial charge in [-0.25, -0.2) is 4.98 Å². The number of nitrogen functional groups attached to an aromatic ring is 1. The summed E-state index contributed by atoms with van der Waals surface area (Å²) in [5.74, 6) is 1.28. The van der Waals surface area contributed by atoms with Gasteiger partial charge in [0.25, 0.3) is 0 Å². The predicted molar refractivity (Wildman–Crippen MR) is 63.4 cm³/mol. The maximum absolute atomic E-state index is 5.64. The van der Waals surface area contributed by atoms with Crippen molar-refractivity contribution in [1.29, 1.82) is 0 Å². The third-order valence-corrected chi connectivity index (χ3v) is 2.93. The van der Waals surface area contributed by atoms with E-state index in [1.807, 2.05) is 6.92 Å². The van der Waals surface area contributed by atoms with Crippen LogP contribution >= 0.6 is 0 Å². The van der Waals surface area contributed by atoms with Crippen LogP contribution in [0, 0.1) is 6.92 Å². The molecule has 0 aliphatic carbocycles. The normalized spacial score (nSPS) is 21.1. The average Bonchev–Trinajstić information content (AvgIpc) is 2.32. The van der Waals surface area contributed by atoms with Gasteiger partial charge in [-0.1, -0.05) is 6.92 Å². The van der Waals surface area contributed by atoms with Crippen molar-refractivity contribution in [3.63, 3.8) is 0 Å². The summed E-state index contributed by atoms with van der Waals surface area (Å²) in [6.45, 7) is 6.55. The van der Waals surface area contributed by atoms with Crippen LogP contribution in [0.4, 0.5) is 11.8 Å². The second-order valence-corrected chi connectivity index (χ2v) is 4.07. The van der Waals surface area contributed by atoms with Crippen LogP contribution in [0.3, 0.4) is 0 Å². The van der Waals surface area contributed by atoms with Crippen LogP contribution in [0.1, 0.15) is 18.9 Å². The molecule has 16 heavy (non-hydrogen) atoms. The number of hydrogen-bond acceptors (Lipinski definition) is 5. The number of aryl methyl sites for hydroxylation is 1. The largest absolute Gasteiger partial charge is 0.377 e. The van der Waals surface area contributed by atoms with Gasteiger partial charge in [-0.05, 0) is 13.3 Å². The van der Waals surface area contributed by atoms with Crippen LogP contribution in [0.5, 0.6) is 0 Å². The first-order chi connectivity index (χ1) is 7.72. The molecule has 1 atom stereocenters. The van der Waals surface area contributed by atoms with Crippen molar-refractivity contribution in [3.8, 4) is 0 Å². The van der Waals surface area contributed by atoms with Gasteiger partial charge in [0.15, 0.2) is 0 Å². The number of nitrogens with zero attached hydrogens (tertiary/aromatic N) is 3. The molecular formula is C11H18N4O. The Kier molecular flexibility index (Phi) is 3.24. The number of ether oxygens (including phenoxy) is 1. The first-order valence-corrected chi connectivity index (χ1v) is 5.66. The SMILES string of the molecule is CCC1COCCN1c1nc(N)ncc1C. The minimum absolute atomic E-state index is 0.335. The maximum Gasteiger partial charge on any atom is 0.221 e. The first-order valence-electron chi connectivity index (χ1n) is 5.66. The molecule has 0 bridgehead atoms. The second kappa shape index (κ2) is 4.65. The third-order valence-electron chi connectivity index (χ3n) is 2.93. The van der Waals surface area contributed by atoms with Crippen molar-refractivity contribution < 1.29 is 4.74 Å². The Morgan fingerprint density at radius 3 is 3.19 bits per heavy atom. The van der Waals surface area contributed by atoms with E-state index in [0.29, 0.717) is 12.0 Å².